The smallest absolute Gasteiger partial charge is 0.319 e. The van der Waals surface area contributed by atoms with Gasteiger partial charge in [0.1, 0.15) is 6.33 Å². The van der Waals surface area contributed by atoms with Gasteiger partial charge in [0.25, 0.3) is 0 Å². The Morgan fingerprint density at radius 1 is 1.38 bits per heavy atom. The van der Waals surface area contributed by atoms with Crippen molar-refractivity contribution in [1.82, 2.24) is 30.0 Å². The number of rotatable bonds is 5. The number of H-pyrrole nitrogens is 1. The molecule has 0 spiro atoms. The Morgan fingerprint density at radius 3 is 2.96 bits per heavy atom. The van der Waals surface area contributed by atoms with E-state index in [0.29, 0.717) is 6.54 Å². The Balaban J connectivity index is 1.55. The lowest BCUT2D eigenvalue weighted by molar-refractivity contribution is 0.252. The lowest BCUT2D eigenvalue weighted by atomic mass is 10.1. The topological polar surface area (TPSA) is 101 Å². The number of carbonyl (C=O) groups is 1. The number of nitrogens with zero attached hydrogens (tertiary/aromatic N) is 4. The molecule has 2 aromatic heterocycles. The van der Waals surface area contributed by atoms with Crippen LogP contribution in [-0.2, 0) is 7.05 Å². The van der Waals surface area contributed by atoms with E-state index in [4.69, 9.17) is 0 Å². The molecule has 0 aliphatic carbocycles. The van der Waals surface area contributed by atoms with Crippen LogP contribution in [0.4, 0.5) is 10.5 Å². The molecule has 0 fully saturated rings. The number of urea groups is 1. The fourth-order valence-electron chi connectivity index (χ4n) is 2.35. The normalized spacial score (nSPS) is 11.0. The molecule has 0 saturated heterocycles. The summed E-state index contributed by atoms with van der Waals surface area (Å²) in [5, 5.41) is 14.4. The van der Waals surface area contributed by atoms with E-state index in [0.717, 1.165) is 38.8 Å². The monoisotopic (exact) mass is 345 g/mol. The van der Waals surface area contributed by atoms with Crippen LogP contribution in [0.15, 0.2) is 23.9 Å². The molecule has 24 heavy (non-hydrogen) atoms. The Morgan fingerprint density at radius 2 is 2.21 bits per heavy atom. The number of anilines is 1. The maximum atomic E-state index is 12.1. The summed E-state index contributed by atoms with van der Waals surface area (Å²) in [4.78, 5) is 19.5. The van der Waals surface area contributed by atoms with E-state index in [1.54, 1.807) is 24.4 Å². The van der Waals surface area contributed by atoms with Crippen LogP contribution < -0.4 is 10.6 Å². The Bertz CT molecular complexity index is 870. The van der Waals surface area contributed by atoms with Crippen LogP contribution in [0.2, 0.25) is 0 Å². The number of benzene rings is 1. The molecule has 0 bridgehead atoms. The van der Waals surface area contributed by atoms with E-state index in [9.17, 15) is 4.79 Å². The molecule has 1 aromatic carbocycles. The fourth-order valence-corrected chi connectivity index (χ4v) is 3.09. The number of aryl methyl sites for hydroxylation is 2. The highest BCUT2D eigenvalue weighted by atomic mass is 32.2. The number of hydrogen-bond donors (Lipinski definition) is 3. The molecule has 0 atom stereocenters. The van der Waals surface area contributed by atoms with Gasteiger partial charge in [0, 0.05) is 25.0 Å². The zero-order chi connectivity index (χ0) is 17.1. The highest BCUT2D eigenvalue weighted by Gasteiger charge is 2.11. The first kappa shape index (κ1) is 16.3. The number of carbonyl (C=O) groups excluding carboxylic acids is 1. The highest BCUT2D eigenvalue weighted by Crippen LogP contribution is 2.26. The van der Waals surface area contributed by atoms with Crippen molar-refractivity contribution in [1.29, 1.82) is 0 Å². The van der Waals surface area contributed by atoms with E-state index in [1.165, 1.54) is 0 Å². The fraction of sp³-hybridized carbons (Fsp3) is 0.333. The predicted octanol–water partition coefficient (Wildman–Crippen LogP) is 2.22. The van der Waals surface area contributed by atoms with Gasteiger partial charge in [-0.3, -0.25) is 0 Å². The van der Waals surface area contributed by atoms with Gasteiger partial charge < -0.3 is 20.2 Å². The molecule has 9 heteroatoms. The second-order valence-electron chi connectivity index (χ2n) is 5.43. The molecular formula is C15H19N7OS. The Kier molecular flexibility index (Phi) is 4.70. The summed E-state index contributed by atoms with van der Waals surface area (Å²) in [7, 11) is 1.89. The van der Waals surface area contributed by atoms with E-state index in [2.05, 4.69) is 30.8 Å². The number of nitrogens with one attached hydrogen (secondary N) is 3. The minimum Gasteiger partial charge on any atom is -0.345 e. The van der Waals surface area contributed by atoms with Crippen LogP contribution in [0.3, 0.4) is 0 Å². The molecule has 2 heterocycles. The maximum Gasteiger partial charge on any atom is 0.319 e. The standard InChI is InChI=1S/C15H19N7OS/c1-9-10(2)13-12(17-7-18-13)6-11(9)20-14(23)16-4-5-24-15-21-19-8-22(15)3/h6-8H,4-5H2,1-3H3,(H,17,18)(H2,16,20,23). The average Bonchev–Trinajstić information content (AvgIpc) is 3.18. The summed E-state index contributed by atoms with van der Waals surface area (Å²) >= 11 is 1.54. The Hall–Kier alpha value is -2.55. The number of thioether (sulfide) groups is 1. The van der Waals surface area contributed by atoms with Gasteiger partial charge in [-0.05, 0) is 31.0 Å². The van der Waals surface area contributed by atoms with Gasteiger partial charge in [-0.15, -0.1) is 10.2 Å². The third kappa shape index (κ3) is 3.35. The van der Waals surface area contributed by atoms with E-state index >= 15 is 0 Å². The van der Waals surface area contributed by atoms with Crippen molar-refractivity contribution in [2.75, 3.05) is 17.6 Å². The summed E-state index contributed by atoms with van der Waals surface area (Å²) in [6.45, 7) is 4.51. The number of imidazole rings is 1. The van der Waals surface area contributed by atoms with Crippen LogP contribution in [0.1, 0.15) is 11.1 Å². The predicted molar refractivity (Wildman–Crippen MR) is 94.3 cm³/mol. The van der Waals surface area contributed by atoms with Gasteiger partial charge in [0.2, 0.25) is 0 Å². The molecule has 0 saturated carbocycles. The van der Waals surface area contributed by atoms with Crippen molar-refractivity contribution in [2.45, 2.75) is 19.0 Å². The van der Waals surface area contributed by atoms with Crippen LogP contribution in [-0.4, -0.2) is 43.1 Å². The van der Waals surface area contributed by atoms with Gasteiger partial charge >= 0.3 is 6.03 Å². The summed E-state index contributed by atoms with van der Waals surface area (Å²) in [6, 6.07) is 1.67. The van der Waals surface area contributed by atoms with Gasteiger partial charge in [-0.25, -0.2) is 9.78 Å². The number of hydrogen-bond acceptors (Lipinski definition) is 5. The first-order valence-corrected chi connectivity index (χ1v) is 8.49. The van der Waals surface area contributed by atoms with Gasteiger partial charge in [0.15, 0.2) is 5.16 Å². The van der Waals surface area contributed by atoms with Crippen LogP contribution >= 0.6 is 11.8 Å². The molecule has 0 aliphatic heterocycles. The van der Waals surface area contributed by atoms with Crippen LogP contribution in [0, 0.1) is 13.8 Å². The van der Waals surface area contributed by atoms with E-state index < -0.39 is 0 Å². The summed E-state index contributed by atoms with van der Waals surface area (Å²) in [5.41, 5.74) is 4.69. The minimum absolute atomic E-state index is 0.227. The Labute approximate surface area is 143 Å². The molecule has 0 radical (unpaired) electrons. The van der Waals surface area contributed by atoms with Crippen LogP contribution in [0.25, 0.3) is 11.0 Å². The molecule has 126 valence electrons. The number of amides is 2. The second-order valence-corrected chi connectivity index (χ2v) is 6.49. The number of aromatic amines is 1. The van der Waals surface area contributed by atoms with Gasteiger partial charge in [-0.2, -0.15) is 0 Å². The van der Waals surface area contributed by atoms with Gasteiger partial charge in [-0.1, -0.05) is 11.8 Å². The van der Waals surface area contributed by atoms with Crippen LogP contribution in [0.5, 0.6) is 0 Å². The first-order valence-electron chi connectivity index (χ1n) is 7.51. The van der Waals surface area contributed by atoms with Crippen molar-refractivity contribution in [2.24, 2.45) is 7.05 Å². The number of aromatic nitrogens is 5. The van der Waals surface area contributed by atoms with Gasteiger partial charge in [0.05, 0.1) is 17.4 Å². The quantitative estimate of drug-likeness (QED) is 0.486. The van der Waals surface area contributed by atoms with Crippen molar-refractivity contribution in [3.63, 3.8) is 0 Å². The third-order valence-corrected chi connectivity index (χ3v) is 4.85. The van der Waals surface area contributed by atoms with Crippen molar-refractivity contribution in [3.05, 3.63) is 29.8 Å². The van der Waals surface area contributed by atoms with E-state index in [1.807, 2.05) is 31.5 Å². The lowest BCUT2D eigenvalue weighted by Gasteiger charge is -2.12. The maximum absolute atomic E-state index is 12.1. The minimum atomic E-state index is -0.227. The third-order valence-electron chi connectivity index (χ3n) is 3.82. The first-order chi connectivity index (χ1) is 11.6. The lowest BCUT2D eigenvalue weighted by Crippen LogP contribution is -2.30. The largest absolute Gasteiger partial charge is 0.345 e. The second kappa shape index (κ2) is 6.91. The molecule has 0 unspecified atom stereocenters. The molecule has 0 aliphatic rings. The summed E-state index contributed by atoms with van der Waals surface area (Å²) in [6.07, 6.45) is 3.31. The summed E-state index contributed by atoms with van der Waals surface area (Å²) in [5.74, 6) is 0.720. The van der Waals surface area contributed by atoms with Crippen molar-refractivity contribution >= 4 is 34.5 Å². The number of fused-ring (bicyclic) bond motifs is 1. The van der Waals surface area contributed by atoms with Crippen molar-refractivity contribution in [3.8, 4) is 0 Å². The molecule has 8 nitrogen and oxygen atoms in total. The molecular weight excluding hydrogens is 326 g/mol. The van der Waals surface area contributed by atoms with E-state index in [-0.39, 0.29) is 6.03 Å². The molecule has 3 aromatic rings. The summed E-state index contributed by atoms with van der Waals surface area (Å²) < 4.78 is 1.84. The van der Waals surface area contributed by atoms with Crippen molar-refractivity contribution < 1.29 is 4.79 Å². The molecule has 3 rings (SSSR count). The average molecular weight is 345 g/mol. The SMILES string of the molecule is Cc1c(NC(=O)NCCSc2nncn2C)cc2[nH]cnc2c1C. The zero-order valence-electron chi connectivity index (χ0n) is 13.8. The highest BCUT2D eigenvalue weighted by molar-refractivity contribution is 7.99. The molecule has 2 amide bonds. The zero-order valence-corrected chi connectivity index (χ0v) is 14.6. The molecule has 3 N–H and O–H groups in total.